The van der Waals surface area contributed by atoms with Crippen LogP contribution in [0, 0.1) is 0 Å². The van der Waals surface area contributed by atoms with E-state index in [1.54, 1.807) is 12.1 Å². The number of hydrogen-bond donors (Lipinski definition) is 1. The van der Waals surface area contributed by atoms with Gasteiger partial charge in [-0.3, -0.25) is 18.6 Å². The van der Waals surface area contributed by atoms with Crippen molar-refractivity contribution in [2.75, 3.05) is 6.54 Å². The number of aromatic nitrogens is 5. The van der Waals surface area contributed by atoms with Gasteiger partial charge in [-0.15, -0.1) is 10.2 Å². The maximum atomic E-state index is 12.3. The molecule has 0 fully saturated rings. The molecule has 4 rings (SSSR count). The lowest BCUT2D eigenvalue weighted by Crippen LogP contribution is -2.33. The fourth-order valence-corrected chi connectivity index (χ4v) is 2.85. The van der Waals surface area contributed by atoms with Crippen LogP contribution in [0.3, 0.4) is 0 Å². The third-order valence-corrected chi connectivity index (χ3v) is 4.11. The van der Waals surface area contributed by atoms with E-state index in [2.05, 4.69) is 20.5 Å². The Balaban J connectivity index is 1.43. The van der Waals surface area contributed by atoms with E-state index in [0.717, 1.165) is 11.5 Å². The Morgan fingerprint density at radius 3 is 2.85 bits per heavy atom. The molecule has 0 spiro atoms. The molecule has 8 nitrogen and oxygen atoms in total. The van der Waals surface area contributed by atoms with Crippen LogP contribution in [0.5, 0.6) is 0 Å². The summed E-state index contributed by atoms with van der Waals surface area (Å²) in [6, 6.07) is 12.9. The van der Waals surface area contributed by atoms with Crippen LogP contribution in [0.25, 0.3) is 16.7 Å². The lowest BCUT2D eigenvalue weighted by molar-refractivity contribution is -0.121. The summed E-state index contributed by atoms with van der Waals surface area (Å²) in [5, 5.41) is 11.0. The molecule has 3 aromatic heterocycles. The van der Waals surface area contributed by atoms with E-state index in [9.17, 15) is 9.59 Å². The van der Waals surface area contributed by atoms with Gasteiger partial charge in [-0.2, -0.15) is 0 Å². The Bertz CT molecular complexity index is 1150. The highest BCUT2D eigenvalue weighted by Gasteiger charge is 2.09. The van der Waals surface area contributed by atoms with Crippen LogP contribution < -0.4 is 10.9 Å². The van der Waals surface area contributed by atoms with Crippen LogP contribution in [0.15, 0.2) is 59.7 Å². The van der Waals surface area contributed by atoms with Gasteiger partial charge in [0.15, 0.2) is 5.65 Å². The maximum Gasteiger partial charge on any atom is 0.269 e. The second kappa shape index (κ2) is 6.75. The summed E-state index contributed by atoms with van der Waals surface area (Å²) in [4.78, 5) is 28.4. The number of nitrogens with one attached hydrogen (secondary N) is 1. The number of amides is 1. The average molecular weight is 348 g/mol. The van der Waals surface area contributed by atoms with Crippen LogP contribution in [-0.4, -0.2) is 36.6 Å². The number of rotatable bonds is 5. The highest BCUT2D eigenvalue weighted by Crippen LogP contribution is 2.08. The zero-order valence-electron chi connectivity index (χ0n) is 13.9. The Morgan fingerprint density at radius 2 is 1.92 bits per heavy atom. The third kappa shape index (κ3) is 3.04. The molecule has 26 heavy (non-hydrogen) atoms. The molecule has 0 unspecified atom stereocenters. The Morgan fingerprint density at radius 1 is 1.08 bits per heavy atom. The van der Waals surface area contributed by atoms with E-state index in [4.69, 9.17) is 0 Å². The molecule has 0 aliphatic carbocycles. The fourth-order valence-electron chi connectivity index (χ4n) is 2.85. The van der Waals surface area contributed by atoms with Gasteiger partial charge in [0.05, 0.1) is 17.2 Å². The fraction of sp³-hybridized carbons (Fsp3) is 0.167. The summed E-state index contributed by atoms with van der Waals surface area (Å²) < 4.78 is 3.30. The molecular formula is C18H16N6O2. The Kier molecular flexibility index (Phi) is 4.14. The van der Waals surface area contributed by atoms with Gasteiger partial charge < -0.3 is 5.32 Å². The standard InChI is InChI=1S/C18H16N6O2/c25-17(12-24-14-6-2-1-5-13(14)20-11-18(24)26)19-9-8-16-22-21-15-7-3-4-10-23(15)16/h1-7,10-11H,8-9,12H2,(H,19,25). The van der Waals surface area contributed by atoms with Crippen molar-refractivity contribution in [1.29, 1.82) is 0 Å². The highest BCUT2D eigenvalue weighted by molar-refractivity contribution is 5.79. The number of fused-ring (bicyclic) bond motifs is 2. The van der Waals surface area contributed by atoms with Crippen LogP contribution in [0.1, 0.15) is 5.82 Å². The smallest absolute Gasteiger partial charge is 0.269 e. The molecule has 0 bridgehead atoms. The first-order chi connectivity index (χ1) is 12.7. The minimum Gasteiger partial charge on any atom is -0.354 e. The van der Waals surface area contributed by atoms with Crippen molar-refractivity contribution in [1.82, 2.24) is 29.5 Å². The van der Waals surface area contributed by atoms with Crippen LogP contribution in [0.4, 0.5) is 0 Å². The van der Waals surface area contributed by atoms with Gasteiger partial charge in [0.1, 0.15) is 12.4 Å². The molecule has 130 valence electrons. The first kappa shape index (κ1) is 15.9. The molecule has 1 aromatic carbocycles. The number of nitrogens with zero attached hydrogens (tertiary/aromatic N) is 5. The molecule has 0 aliphatic heterocycles. The molecule has 0 atom stereocenters. The minimum absolute atomic E-state index is 0.0531. The predicted octanol–water partition coefficient (Wildman–Crippen LogP) is 0.798. The Labute approximate surface area is 148 Å². The zero-order valence-corrected chi connectivity index (χ0v) is 13.9. The topological polar surface area (TPSA) is 94.2 Å². The number of benzene rings is 1. The van der Waals surface area contributed by atoms with Crippen LogP contribution in [0.2, 0.25) is 0 Å². The monoisotopic (exact) mass is 348 g/mol. The van der Waals surface area contributed by atoms with Crippen molar-refractivity contribution in [3.8, 4) is 0 Å². The van der Waals surface area contributed by atoms with Gasteiger partial charge in [-0.05, 0) is 24.3 Å². The van der Waals surface area contributed by atoms with Crippen molar-refractivity contribution >= 4 is 22.6 Å². The second-order valence-corrected chi connectivity index (χ2v) is 5.82. The molecule has 0 aliphatic rings. The first-order valence-electron chi connectivity index (χ1n) is 8.22. The van der Waals surface area contributed by atoms with E-state index >= 15 is 0 Å². The molecule has 8 heteroatoms. The predicted molar refractivity (Wildman–Crippen MR) is 95.7 cm³/mol. The van der Waals surface area contributed by atoms with Crippen molar-refractivity contribution in [3.63, 3.8) is 0 Å². The summed E-state index contributed by atoms with van der Waals surface area (Å²) in [7, 11) is 0. The van der Waals surface area contributed by atoms with E-state index in [-0.39, 0.29) is 18.0 Å². The average Bonchev–Trinajstić information content (AvgIpc) is 3.07. The van der Waals surface area contributed by atoms with Crippen molar-refractivity contribution in [2.24, 2.45) is 0 Å². The van der Waals surface area contributed by atoms with Gasteiger partial charge >= 0.3 is 0 Å². The first-order valence-corrected chi connectivity index (χ1v) is 8.22. The van der Waals surface area contributed by atoms with Crippen LogP contribution in [-0.2, 0) is 17.8 Å². The zero-order chi connectivity index (χ0) is 17.9. The van der Waals surface area contributed by atoms with E-state index < -0.39 is 0 Å². The van der Waals surface area contributed by atoms with Gasteiger partial charge in [0.25, 0.3) is 5.56 Å². The van der Waals surface area contributed by atoms with Crippen LogP contribution >= 0.6 is 0 Å². The quantitative estimate of drug-likeness (QED) is 0.576. The Hall–Kier alpha value is -3.55. The SMILES string of the molecule is O=C(Cn1c(=O)cnc2ccccc21)NCCc1nnc2ccccn12. The number of carbonyl (C=O) groups excluding carboxylic acids is 1. The number of hydrogen-bond acceptors (Lipinski definition) is 5. The number of carbonyl (C=O) groups is 1. The van der Waals surface area contributed by atoms with Gasteiger partial charge in [0.2, 0.25) is 5.91 Å². The van der Waals surface area contributed by atoms with Gasteiger partial charge in [-0.1, -0.05) is 18.2 Å². The number of para-hydroxylation sites is 2. The van der Waals surface area contributed by atoms with E-state index in [1.807, 2.05) is 40.9 Å². The molecule has 4 aromatic rings. The summed E-state index contributed by atoms with van der Waals surface area (Å²) in [6.07, 6.45) is 3.66. The van der Waals surface area contributed by atoms with Gasteiger partial charge in [-0.25, -0.2) is 4.98 Å². The lowest BCUT2D eigenvalue weighted by Gasteiger charge is -2.09. The summed E-state index contributed by atoms with van der Waals surface area (Å²) in [5.41, 5.74) is 1.78. The molecule has 1 amide bonds. The second-order valence-electron chi connectivity index (χ2n) is 5.82. The normalized spacial score (nSPS) is 11.1. The van der Waals surface area contributed by atoms with Crippen molar-refractivity contribution < 1.29 is 4.79 Å². The minimum atomic E-state index is -0.303. The van der Waals surface area contributed by atoms with Crippen molar-refractivity contribution in [3.05, 3.63) is 71.0 Å². The third-order valence-electron chi connectivity index (χ3n) is 4.11. The van der Waals surface area contributed by atoms with E-state index in [1.165, 1.54) is 10.8 Å². The lowest BCUT2D eigenvalue weighted by atomic mass is 10.3. The molecule has 0 radical (unpaired) electrons. The molecular weight excluding hydrogens is 332 g/mol. The summed E-state index contributed by atoms with van der Waals surface area (Å²) in [5.74, 6) is 0.532. The van der Waals surface area contributed by atoms with E-state index in [0.29, 0.717) is 24.0 Å². The molecule has 0 saturated carbocycles. The van der Waals surface area contributed by atoms with Gasteiger partial charge in [0, 0.05) is 19.2 Å². The van der Waals surface area contributed by atoms with Crippen molar-refractivity contribution in [2.45, 2.75) is 13.0 Å². The maximum absolute atomic E-state index is 12.3. The number of pyridine rings is 1. The molecule has 0 saturated heterocycles. The molecule has 1 N–H and O–H groups in total. The molecule has 3 heterocycles. The summed E-state index contributed by atoms with van der Waals surface area (Å²) >= 11 is 0. The summed E-state index contributed by atoms with van der Waals surface area (Å²) in [6.45, 7) is 0.356. The largest absolute Gasteiger partial charge is 0.354 e. The highest BCUT2D eigenvalue weighted by atomic mass is 16.2.